The van der Waals surface area contributed by atoms with Gasteiger partial charge in [0.2, 0.25) is 0 Å². The van der Waals surface area contributed by atoms with Crippen molar-refractivity contribution in [1.29, 1.82) is 0 Å². The van der Waals surface area contributed by atoms with Crippen molar-refractivity contribution in [1.82, 2.24) is 0 Å². The third kappa shape index (κ3) is 2.69. The lowest BCUT2D eigenvalue weighted by molar-refractivity contribution is 0.414. The van der Waals surface area contributed by atoms with E-state index in [1.54, 1.807) is 7.11 Å². The first-order chi connectivity index (χ1) is 8.92. The molecule has 0 amide bonds. The van der Waals surface area contributed by atoms with Gasteiger partial charge in [0.25, 0.3) is 0 Å². The average Bonchev–Trinajstić information content (AvgIpc) is 2.75. The summed E-state index contributed by atoms with van der Waals surface area (Å²) >= 11 is 0. The molecule has 1 atom stereocenters. The smallest absolute Gasteiger partial charge is 0.152 e. The summed E-state index contributed by atoms with van der Waals surface area (Å²) in [6.45, 7) is 0.328. The van der Waals surface area contributed by atoms with Crippen LogP contribution >= 0.6 is 0 Å². The molecular formula is C13H20N2O3S. The van der Waals surface area contributed by atoms with Gasteiger partial charge < -0.3 is 15.4 Å². The average molecular weight is 284 g/mol. The highest BCUT2D eigenvalue weighted by Gasteiger charge is 2.44. The number of likely N-dealkylation sites (N-methyl/N-ethyl adjacent to an activating group) is 1. The first-order valence-corrected chi connectivity index (χ1v) is 8.03. The number of anilines is 1. The first kappa shape index (κ1) is 14.1. The Labute approximate surface area is 114 Å². The summed E-state index contributed by atoms with van der Waals surface area (Å²) in [4.78, 5) is 1.98. The number of nitrogens with zero attached hydrogens (tertiary/aromatic N) is 1. The molecule has 6 heteroatoms. The van der Waals surface area contributed by atoms with Gasteiger partial charge in [-0.2, -0.15) is 0 Å². The molecule has 1 fully saturated rings. The molecule has 1 aromatic carbocycles. The van der Waals surface area contributed by atoms with Crippen LogP contribution in [0.5, 0.6) is 5.75 Å². The highest BCUT2D eigenvalue weighted by Crippen LogP contribution is 2.32. The van der Waals surface area contributed by atoms with Crippen molar-refractivity contribution in [3.63, 3.8) is 0 Å². The Morgan fingerprint density at radius 1 is 1.37 bits per heavy atom. The molecular weight excluding hydrogens is 264 g/mol. The van der Waals surface area contributed by atoms with Crippen molar-refractivity contribution in [2.75, 3.05) is 37.1 Å². The molecule has 0 spiro atoms. The zero-order valence-electron chi connectivity index (χ0n) is 11.3. The van der Waals surface area contributed by atoms with Gasteiger partial charge in [-0.3, -0.25) is 0 Å². The van der Waals surface area contributed by atoms with Crippen LogP contribution in [0.1, 0.15) is 6.42 Å². The standard InChI is InChI=1S/C13H20N2O3S/c1-15(11-3-5-12(18-2)6-4-11)13(9-14)7-8-19(16,17)10-13/h3-6H,7-10,14H2,1-2H3. The Hall–Kier alpha value is -1.27. The van der Waals surface area contributed by atoms with Crippen LogP contribution in [0, 0.1) is 0 Å². The van der Waals surface area contributed by atoms with E-state index in [9.17, 15) is 8.42 Å². The number of hydrogen-bond donors (Lipinski definition) is 1. The molecule has 106 valence electrons. The second-order valence-corrected chi connectivity index (χ2v) is 7.21. The summed E-state index contributed by atoms with van der Waals surface area (Å²) in [6, 6.07) is 7.56. The van der Waals surface area contributed by atoms with Crippen molar-refractivity contribution in [3.05, 3.63) is 24.3 Å². The van der Waals surface area contributed by atoms with Crippen LogP contribution in [0.3, 0.4) is 0 Å². The second kappa shape index (κ2) is 5.02. The third-order valence-corrected chi connectivity index (χ3v) is 5.72. The lowest BCUT2D eigenvalue weighted by atomic mass is 9.96. The molecule has 2 rings (SSSR count). The zero-order valence-corrected chi connectivity index (χ0v) is 12.1. The van der Waals surface area contributed by atoms with Crippen LogP contribution in [0.4, 0.5) is 5.69 Å². The van der Waals surface area contributed by atoms with E-state index in [0.717, 1.165) is 11.4 Å². The maximum absolute atomic E-state index is 11.7. The van der Waals surface area contributed by atoms with Gasteiger partial charge in [-0.15, -0.1) is 0 Å². The van der Waals surface area contributed by atoms with Crippen LogP contribution in [0.15, 0.2) is 24.3 Å². The van der Waals surface area contributed by atoms with Gasteiger partial charge in [0, 0.05) is 19.3 Å². The van der Waals surface area contributed by atoms with Gasteiger partial charge in [-0.05, 0) is 30.7 Å². The van der Waals surface area contributed by atoms with E-state index in [-0.39, 0.29) is 11.5 Å². The second-order valence-electron chi connectivity index (χ2n) is 5.03. The normalized spacial score (nSPS) is 25.2. The van der Waals surface area contributed by atoms with Crippen molar-refractivity contribution in [3.8, 4) is 5.75 Å². The van der Waals surface area contributed by atoms with Gasteiger partial charge in [0.05, 0.1) is 24.2 Å². The van der Waals surface area contributed by atoms with Crippen LogP contribution < -0.4 is 15.4 Å². The number of ether oxygens (including phenoxy) is 1. The van der Waals surface area contributed by atoms with Gasteiger partial charge >= 0.3 is 0 Å². The summed E-state index contributed by atoms with van der Waals surface area (Å²) in [7, 11) is 0.535. The lowest BCUT2D eigenvalue weighted by Gasteiger charge is -2.38. The number of nitrogens with two attached hydrogens (primary N) is 1. The number of methoxy groups -OCH3 is 1. The predicted octanol–water partition coefficient (Wildman–Crippen LogP) is 0.647. The SMILES string of the molecule is COc1ccc(N(C)C2(CN)CCS(=O)(=O)C2)cc1. The Balaban J connectivity index is 2.28. The van der Waals surface area contributed by atoms with Gasteiger partial charge in [-0.1, -0.05) is 0 Å². The van der Waals surface area contributed by atoms with Crippen LogP contribution in [-0.2, 0) is 9.84 Å². The molecule has 0 bridgehead atoms. The fourth-order valence-electron chi connectivity index (χ4n) is 2.54. The summed E-state index contributed by atoms with van der Waals surface area (Å²) in [6.07, 6.45) is 0.578. The maximum atomic E-state index is 11.7. The molecule has 5 nitrogen and oxygen atoms in total. The van der Waals surface area contributed by atoms with Gasteiger partial charge in [-0.25, -0.2) is 8.42 Å². The summed E-state index contributed by atoms with van der Waals surface area (Å²) in [5.41, 5.74) is 6.31. The largest absolute Gasteiger partial charge is 0.497 e. The van der Waals surface area contributed by atoms with E-state index >= 15 is 0 Å². The molecule has 0 aromatic heterocycles. The van der Waals surface area contributed by atoms with Crippen LogP contribution in [0.25, 0.3) is 0 Å². The first-order valence-electron chi connectivity index (χ1n) is 6.21. The Bertz CT molecular complexity index is 542. The van der Waals surface area contributed by atoms with E-state index in [4.69, 9.17) is 10.5 Å². The number of sulfone groups is 1. The van der Waals surface area contributed by atoms with Crippen molar-refractivity contribution < 1.29 is 13.2 Å². The fourth-order valence-corrected chi connectivity index (χ4v) is 4.65. The van der Waals surface area contributed by atoms with E-state index in [2.05, 4.69) is 0 Å². The zero-order chi connectivity index (χ0) is 14.1. The topological polar surface area (TPSA) is 72.6 Å². The molecule has 1 aliphatic rings. The fraction of sp³-hybridized carbons (Fsp3) is 0.538. The van der Waals surface area contributed by atoms with Gasteiger partial charge in [0.15, 0.2) is 9.84 Å². The quantitative estimate of drug-likeness (QED) is 0.879. The Morgan fingerprint density at radius 3 is 2.42 bits per heavy atom. The molecule has 1 saturated heterocycles. The van der Waals surface area contributed by atoms with E-state index in [0.29, 0.717) is 13.0 Å². The highest BCUT2D eigenvalue weighted by atomic mass is 32.2. The third-order valence-electron chi connectivity index (χ3n) is 3.92. The van der Waals surface area contributed by atoms with Crippen LogP contribution in [-0.4, -0.2) is 46.2 Å². The number of rotatable bonds is 4. The van der Waals surface area contributed by atoms with E-state index in [1.807, 2.05) is 36.2 Å². The summed E-state index contributed by atoms with van der Waals surface area (Å²) in [5, 5.41) is 0. The lowest BCUT2D eigenvalue weighted by Crippen LogP contribution is -2.53. The van der Waals surface area contributed by atoms with Crippen LogP contribution in [0.2, 0.25) is 0 Å². The number of hydrogen-bond acceptors (Lipinski definition) is 5. The maximum Gasteiger partial charge on any atom is 0.152 e. The monoisotopic (exact) mass is 284 g/mol. The van der Waals surface area contributed by atoms with Crippen molar-refractivity contribution in [2.45, 2.75) is 12.0 Å². The Morgan fingerprint density at radius 2 is 2.00 bits per heavy atom. The van der Waals surface area contributed by atoms with E-state index < -0.39 is 15.4 Å². The van der Waals surface area contributed by atoms with E-state index in [1.165, 1.54) is 0 Å². The molecule has 2 N–H and O–H groups in total. The Kier molecular flexibility index (Phi) is 3.73. The molecule has 0 saturated carbocycles. The van der Waals surface area contributed by atoms with Crippen molar-refractivity contribution in [2.24, 2.45) is 5.73 Å². The minimum atomic E-state index is -2.98. The minimum Gasteiger partial charge on any atom is -0.497 e. The summed E-state index contributed by atoms with van der Waals surface area (Å²) < 4.78 is 28.6. The molecule has 0 aliphatic carbocycles. The van der Waals surface area contributed by atoms with Gasteiger partial charge in [0.1, 0.15) is 5.75 Å². The minimum absolute atomic E-state index is 0.124. The molecule has 1 aliphatic heterocycles. The number of benzene rings is 1. The molecule has 1 heterocycles. The highest BCUT2D eigenvalue weighted by molar-refractivity contribution is 7.91. The molecule has 1 unspecified atom stereocenters. The summed E-state index contributed by atoms with van der Waals surface area (Å²) in [5.74, 6) is 1.11. The molecule has 0 radical (unpaired) electrons. The van der Waals surface area contributed by atoms with Crippen molar-refractivity contribution >= 4 is 15.5 Å². The predicted molar refractivity (Wildman–Crippen MR) is 76.5 cm³/mol. The molecule has 19 heavy (non-hydrogen) atoms. The molecule has 1 aromatic rings.